The van der Waals surface area contributed by atoms with Crippen molar-refractivity contribution in [3.8, 4) is 17.2 Å². The number of alkyl halides is 2. The molecule has 2 fully saturated rings. The molecule has 5 atom stereocenters. The second-order valence-electron chi connectivity index (χ2n) is 11.4. The highest BCUT2D eigenvalue weighted by Gasteiger charge is 2.67. The first kappa shape index (κ1) is 25.8. The number of aryl methyl sites for hydroxylation is 1. The molecule has 1 unspecified atom stereocenters. The Morgan fingerprint density at radius 2 is 1.84 bits per heavy atom. The van der Waals surface area contributed by atoms with Gasteiger partial charge in [-0.3, -0.25) is 4.79 Å². The highest BCUT2D eigenvalue weighted by Crippen LogP contribution is 2.68. The monoisotopic (exact) mass is 513 g/mol. The fourth-order valence-corrected chi connectivity index (χ4v) is 7.66. The van der Waals surface area contributed by atoms with Gasteiger partial charge in [0.1, 0.15) is 17.2 Å². The number of halogens is 2. The lowest BCUT2D eigenvalue weighted by molar-refractivity contribution is -0.133. The Labute approximate surface area is 217 Å². The number of nitrogens with one attached hydrogen (secondary N) is 1. The van der Waals surface area contributed by atoms with Crippen molar-refractivity contribution in [2.75, 3.05) is 14.2 Å². The fraction of sp³-hybridized carbons (Fsp3) is 0.567. The molecule has 0 bridgehead atoms. The molecule has 0 heterocycles. The van der Waals surface area contributed by atoms with E-state index in [1.54, 1.807) is 33.3 Å². The smallest absolute Gasteiger partial charge is 0.253 e. The number of hydrogen-bond acceptors (Lipinski definition) is 4. The normalized spacial score (nSPS) is 29.5. The van der Waals surface area contributed by atoms with Crippen molar-refractivity contribution in [1.29, 1.82) is 0 Å². The zero-order chi connectivity index (χ0) is 26.4. The van der Waals surface area contributed by atoms with Crippen molar-refractivity contribution in [2.24, 2.45) is 23.2 Å². The first-order valence-corrected chi connectivity index (χ1v) is 13.3. The summed E-state index contributed by atoms with van der Waals surface area (Å²) in [7, 11) is 3.15. The zero-order valence-electron chi connectivity index (χ0n) is 21.9. The van der Waals surface area contributed by atoms with Crippen LogP contribution in [0.3, 0.4) is 0 Å². The van der Waals surface area contributed by atoms with Crippen LogP contribution in [0.1, 0.15) is 68.1 Å². The van der Waals surface area contributed by atoms with Gasteiger partial charge in [0.15, 0.2) is 0 Å². The predicted octanol–water partition coefficient (Wildman–Crippen LogP) is 6.22. The predicted molar refractivity (Wildman–Crippen MR) is 137 cm³/mol. The van der Waals surface area contributed by atoms with Crippen molar-refractivity contribution in [3.63, 3.8) is 0 Å². The van der Waals surface area contributed by atoms with E-state index in [9.17, 15) is 9.90 Å². The van der Waals surface area contributed by atoms with E-state index in [-0.39, 0.29) is 48.2 Å². The van der Waals surface area contributed by atoms with Crippen molar-refractivity contribution >= 4 is 5.91 Å². The average Bonchev–Trinajstić information content (AvgIpc) is 3.10. The molecule has 2 saturated carbocycles. The van der Waals surface area contributed by atoms with Crippen LogP contribution in [0.15, 0.2) is 36.4 Å². The topological polar surface area (TPSA) is 67.8 Å². The van der Waals surface area contributed by atoms with Crippen LogP contribution in [-0.2, 0) is 17.8 Å². The van der Waals surface area contributed by atoms with Gasteiger partial charge < -0.3 is 19.9 Å². The average molecular weight is 514 g/mol. The third-order valence-electron chi connectivity index (χ3n) is 9.47. The van der Waals surface area contributed by atoms with E-state index < -0.39 is 11.3 Å². The van der Waals surface area contributed by atoms with Crippen LogP contribution < -0.4 is 14.8 Å². The second kappa shape index (κ2) is 9.80. The number of carbonyl (C=O) groups excluding carboxylic acids is 1. The summed E-state index contributed by atoms with van der Waals surface area (Å²) in [5.41, 5.74) is 2.20. The van der Waals surface area contributed by atoms with Gasteiger partial charge in [-0.05, 0) is 96.7 Å². The molecule has 1 amide bonds. The number of phenolic OH excluding ortho intramolecular Hbond substituents is 1. The molecule has 2 aromatic rings. The van der Waals surface area contributed by atoms with E-state index in [4.69, 9.17) is 9.47 Å². The number of phenols is 1. The fourth-order valence-electron chi connectivity index (χ4n) is 7.66. The van der Waals surface area contributed by atoms with Gasteiger partial charge in [0.25, 0.3) is 5.92 Å². The lowest BCUT2D eigenvalue weighted by Gasteiger charge is -2.51. The molecular formula is C30H37F2NO4. The van der Waals surface area contributed by atoms with Gasteiger partial charge in [0.2, 0.25) is 5.91 Å². The molecule has 2 N–H and O–H groups in total. The van der Waals surface area contributed by atoms with Crippen LogP contribution in [0, 0.1) is 23.2 Å². The Kier molecular flexibility index (Phi) is 6.84. The summed E-state index contributed by atoms with van der Waals surface area (Å²) in [5, 5.41) is 12.9. The van der Waals surface area contributed by atoms with Gasteiger partial charge in [-0.15, -0.1) is 0 Å². The summed E-state index contributed by atoms with van der Waals surface area (Å²) >= 11 is 0. The van der Waals surface area contributed by atoms with E-state index in [0.29, 0.717) is 30.9 Å². The summed E-state index contributed by atoms with van der Waals surface area (Å²) < 4.78 is 41.6. The van der Waals surface area contributed by atoms with E-state index in [2.05, 4.69) is 5.32 Å². The van der Waals surface area contributed by atoms with Crippen molar-refractivity contribution in [1.82, 2.24) is 5.32 Å². The number of aromatic hydroxyl groups is 1. The Bertz CT molecular complexity index is 1150. The highest BCUT2D eigenvalue weighted by atomic mass is 19.3. The Balaban J connectivity index is 1.28. The number of rotatable bonds is 7. The summed E-state index contributed by atoms with van der Waals surface area (Å²) in [4.78, 5) is 12.8. The maximum atomic E-state index is 15.5. The number of fused-ring (bicyclic) bond motifs is 5. The van der Waals surface area contributed by atoms with Crippen LogP contribution >= 0.6 is 0 Å². The van der Waals surface area contributed by atoms with Gasteiger partial charge >= 0.3 is 0 Å². The zero-order valence-corrected chi connectivity index (χ0v) is 21.9. The molecule has 0 radical (unpaired) electrons. The minimum atomic E-state index is -2.73. The van der Waals surface area contributed by atoms with E-state index in [0.717, 1.165) is 30.4 Å². The molecule has 37 heavy (non-hydrogen) atoms. The molecule has 7 heteroatoms. The van der Waals surface area contributed by atoms with Crippen molar-refractivity contribution in [2.45, 2.75) is 70.3 Å². The molecule has 3 aliphatic rings. The number of methoxy groups -OCH3 is 2. The van der Waals surface area contributed by atoms with E-state index in [1.165, 1.54) is 5.56 Å². The Hall–Kier alpha value is -2.83. The molecule has 5 nitrogen and oxygen atoms in total. The van der Waals surface area contributed by atoms with E-state index in [1.807, 2.05) is 24.3 Å². The van der Waals surface area contributed by atoms with Gasteiger partial charge in [-0.2, -0.15) is 0 Å². The summed E-state index contributed by atoms with van der Waals surface area (Å²) in [6.07, 6.45) is 3.47. The van der Waals surface area contributed by atoms with Gasteiger partial charge in [-0.1, -0.05) is 13.0 Å². The van der Waals surface area contributed by atoms with E-state index >= 15 is 8.78 Å². The van der Waals surface area contributed by atoms with Crippen molar-refractivity contribution < 1.29 is 28.2 Å². The first-order valence-electron chi connectivity index (χ1n) is 13.3. The highest BCUT2D eigenvalue weighted by molar-refractivity contribution is 5.75. The third kappa shape index (κ3) is 4.66. The SMILES string of the molecule is COc1cc(CNC(=O)CC[C@@H]2CC(F)(F)[C@@]3(C)CC[C@@H]4c5ccc(O)cc5CCC4[C@H]23)cc(OC)c1. The standard InChI is InChI=1S/C30H37F2NO4/c1-29-11-10-25-24-8-6-21(34)14-19(24)4-7-26(25)28(29)20(16-30(29,31)32)5-9-27(35)33-17-18-12-22(36-2)15-23(13-18)37-3/h6,8,12-15,20,25-26,28,34H,4-5,7,9-11,16-17H2,1-3H3,(H,33,35)/t20-,25-,26?,28+,29+/m1/s1. The lowest BCUT2D eigenvalue weighted by atomic mass is 9.53. The van der Waals surface area contributed by atoms with Gasteiger partial charge in [-0.25, -0.2) is 8.78 Å². The van der Waals surface area contributed by atoms with Gasteiger partial charge in [0.05, 0.1) is 14.2 Å². The largest absolute Gasteiger partial charge is 0.508 e. The molecule has 5 rings (SSSR count). The Morgan fingerprint density at radius 3 is 2.54 bits per heavy atom. The van der Waals surface area contributed by atoms with Crippen molar-refractivity contribution in [3.05, 3.63) is 53.1 Å². The summed E-state index contributed by atoms with van der Waals surface area (Å²) in [5.74, 6) is -1.17. The molecule has 200 valence electrons. The van der Waals surface area contributed by atoms with Crippen LogP contribution in [0.5, 0.6) is 17.2 Å². The van der Waals surface area contributed by atoms with Gasteiger partial charge in [0, 0.05) is 30.9 Å². The number of ether oxygens (including phenoxy) is 2. The maximum Gasteiger partial charge on any atom is 0.253 e. The minimum absolute atomic E-state index is 0.112. The summed E-state index contributed by atoms with van der Waals surface area (Å²) in [6.45, 7) is 2.11. The lowest BCUT2D eigenvalue weighted by Crippen LogP contribution is -2.47. The van der Waals surface area contributed by atoms with Crippen LogP contribution in [0.2, 0.25) is 0 Å². The second-order valence-corrected chi connectivity index (χ2v) is 11.4. The third-order valence-corrected chi connectivity index (χ3v) is 9.47. The molecular weight excluding hydrogens is 476 g/mol. The molecule has 0 spiro atoms. The number of amides is 1. The first-order chi connectivity index (χ1) is 17.6. The molecule has 2 aromatic carbocycles. The number of hydrogen-bond donors (Lipinski definition) is 2. The quantitative estimate of drug-likeness (QED) is 0.461. The minimum Gasteiger partial charge on any atom is -0.508 e. The molecule has 0 saturated heterocycles. The van der Waals surface area contributed by atoms with Crippen LogP contribution in [-0.4, -0.2) is 31.2 Å². The number of benzene rings is 2. The van der Waals surface area contributed by atoms with Crippen LogP contribution in [0.25, 0.3) is 0 Å². The maximum absolute atomic E-state index is 15.5. The molecule has 0 aliphatic heterocycles. The molecule has 3 aliphatic carbocycles. The molecule has 0 aromatic heterocycles. The summed E-state index contributed by atoms with van der Waals surface area (Å²) in [6, 6.07) is 11.0. The number of carbonyl (C=O) groups is 1. The Morgan fingerprint density at radius 1 is 1.11 bits per heavy atom. The van der Waals surface area contributed by atoms with Crippen LogP contribution in [0.4, 0.5) is 8.78 Å².